The minimum absolute atomic E-state index is 0.649. The molecule has 0 fully saturated rings. The number of benzene rings is 9. The maximum absolute atomic E-state index is 10.8. The topological polar surface area (TPSA) is 33.1 Å². The van der Waals surface area contributed by atoms with Crippen molar-refractivity contribution in [3.63, 3.8) is 0 Å². The fraction of sp³-hybridized carbons (Fsp3) is 0. The molecule has 0 aliphatic heterocycles. The zero-order valence-electron chi connectivity index (χ0n) is 28.8. The number of nitrogens with zero attached hydrogens (tertiary/aromatic N) is 3. The molecule has 0 spiro atoms. The summed E-state index contributed by atoms with van der Waals surface area (Å²) in [5.41, 5.74) is 12.6. The SMILES string of the molecule is N#Cc1cc(-n2c3ccccc3c3cc4c5c(cccc5c32)-c2ccccc2-4)c2c(c1)c1ccc3c4ccccc4c4cc5c6ccccc6n2c5c1c34. The molecule has 244 valence electrons. The highest BCUT2D eigenvalue weighted by atomic mass is 15.0. The summed E-state index contributed by atoms with van der Waals surface area (Å²) in [5.74, 6) is 0. The second kappa shape index (κ2) is 9.14. The Bertz CT molecular complexity index is 3910. The van der Waals surface area contributed by atoms with Crippen LogP contribution in [0.4, 0.5) is 0 Å². The van der Waals surface area contributed by atoms with Crippen LogP contribution < -0.4 is 0 Å². The van der Waals surface area contributed by atoms with Gasteiger partial charge >= 0.3 is 0 Å². The van der Waals surface area contributed by atoms with Crippen LogP contribution in [0, 0.1) is 11.3 Å². The van der Waals surface area contributed by atoms with Crippen molar-refractivity contribution in [1.82, 2.24) is 8.97 Å². The van der Waals surface area contributed by atoms with Crippen molar-refractivity contribution in [3.8, 4) is 34.0 Å². The molecule has 0 atom stereocenters. The van der Waals surface area contributed by atoms with Crippen molar-refractivity contribution in [2.45, 2.75) is 0 Å². The third-order valence-corrected chi connectivity index (χ3v) is 12.7. The molecule has 3 heterocycles. The summed E-state index contributed by atoms with van der Waals surface area (Å²) < 4.78 is 4.99. The van der Waals surface area contributed by atoms with Crippen LogP contribution in [-0.2, 0) is 0 Å². The maximum Gasteiger partial charge on any atom is 0.0992 e. The highest BCUT2D eigenvalue weighted by Gasteiger charge is 2.28. The van der Waals surface area contributed by atoms with Gasteiger partial charge in [0.15, 0.2) is 0 Å². The summed E-state index contributed by atoms with van der Waals surface area (Å²) in [6, 6.07) is 58.4. The van der Waals surface area contributed by atoms with E-state index in [9.17, 15) is 5.26 Å². The molecule has 3 nitrogen and oxygen atoms in total. The number of para-hydroxylation sites is 2. The Balaban J connectivity index is 1.27. The zero-order valence-corrected chi connectivity index (χ0v) is 28.8. The van der Waals surface area contributed by atoms with Gasteiger partial charge in [-0.15, -0.1) is 0 Å². The second-order valence-corrected chi connectivity index (χ2v) is 15.1. The molecular weight excluding hydrogens is 655 g/mol. The van der Waals surface area contributed by atoms with E-state index in [0.717, 1.165) is 22.1 Å². The van der Waals surface area contributed by atoms with Crippen molar-refractivity contribution >= 4 is 103 Å². The highest BCUT2D eigenvalue weighted by molar-refractivity contribution is 6.42. The summed E-state index contributed by atoms with van der Waals surface area (Å²) in [4.78, 5) is 0. The molecule has 0 saturated carbocycles. The van der Waals surface area contributed by atoms with E-state index in [-0.39, 0.29) is 0 Å². The average molecular weight is 680 g/mol. The fourth-order valence-electron chi connectivity index (χ4n) is 10.7. The lowest BCUT2D eigenvalue weighted by Gasteiger charge is -2.19. The van der Waals surface area contributed by atoms with Gasteiger partial charge in [0, 0.05) is 43.1 Å². The molecule has 0 amide bonds. The number of fused-ring (bicyclic) bond motifs is 16. The minimum Gasteiger partial charge on any atom is -0.306 e. The Hall–Kier alpha value is -7.41. The van der Waals surface area contributed by atoms with E-state index < -0.39 is 0 Å². The standard InChI is InChI=1S/C51H25N3/c52-26-27-22-40-36-21-20-35-29-11-2-4-13-31(29)39-25-42-33-15-6-8-19-44(33)54(51(42)48(36)47(35)39)50(40)45(23-27)53-43-18-7-5-14-32(43)41-24-38-30-12-3-1-10-28(30)34-16-9-17-37(46(34)38)49(41)53/h1-25H. The Morgan fingerprint density at radius 2 is 0.944 bits per heavy atom. The molecule has 1 aliphatic rings. The van der Waals surface area contributed by atoms with Crippen molar-refractivity contribution in [1.29, 1.82) is 5.26 Å². The van der Waals surface area contributed by atoms with Gasteiger partial charge in [0.05, 0.1) is 44.9 Å². The van der Waals surface area contributed by atoms with Crippen LogP contribution in [0.1, 0.15) is 5.56 Å². The smallest absolute Gasteiger partial charge is 0.0992 e. The quantitative estimate of drug-likeness (QED) is 0.126. The first-order valence-corrected chi connectivity index (χ1v) is 18.6. The van der Waals surface area contributed by atoms with Gasteiger partial charge < -0.3 is 8.97 Å². The largest absolute Gasteiger partial charge is 0.306 e. The Kier molecular flexibility index (Phi) is 4.62. The lowest BCUT2D eigenvalue weighted by atomic mass is 9.95. The normalized spacial score (nSPS) is 12.8. The van der Waals surface area contributed by atoms with E-state index in [1.165, 1.54) is 109 Å². The lowest BCUT2D eigenvalue weighted by molar-refractivity contribution is 1.18. The Morgan fingerprint density at radius 3 is 1.74 bits per heavy atom. The summed E-state index contributed by atoms with van der Waals surface area (Å²) in [5, 5.41) is 28.2. The van der Waals surface area contributed by atoms with Gasteiger partial charge in [0.25, 0.3) is 0 Å². The second-order valence-electron chi connectivity index (χ2n) is 15.1. The number of nitriles is 1. The maximum atomic E-state index is 10.8. The zero-order chi connectivity index (χ0) is 35.0. The van der Waals surface area contributed by atoms with Gasteiger partial charge in [-0.05, 0) is 91.0 Å². The molecule has 13 aromatic rings. The Labute approximate surface area is 307 Å². The number of hydrogen-bond acceptors (Lipinski definition) is 1. The molecule has 0 saturated heterocycles. The van der Waals surface area contributed by atoms with Crippen molar-refractivity contribution in [3.05, 3.63) is 157 Å². The molecule has 14 rings (SSSR count). The van der Waals surface area contributed by atoms with E-state index in [1.807, 2.05) is 0 Å². The predicted octanol–water partition coefficient (Wildman–Crippen LogP) is 13.5. The molecule has 0 bridgehead atoms. The van der Waals surface area contributed by atoms with E-state index in [2.05, 4.69) is 167 Å². The molecule has 3 aromatic heterocycles. The number of rotatable bonds is 1. The van der Waals surface area contributed by atoms with Gasteiger partial charge in [0.2, 0.25) is 0 Å². The number of pyridine rings is 1. The van der Waals surface area contributed by atoms with Gasteiger partial charge in [-0.3, -0.25) is 0 Å². The van der Waals surface area contributed by atoms with Crippen LogP contribution in [0.3, 0.4) is 0 Å². The first-order chi connectivity index (χ1) is 26.8. The third-order valence-electron chi connectivity index (χ3n) is 12.7. The number of aromatic nitrogens is 2. The van der Waals surface area contributed by atoms with Crippen LogP contribution in [0.15, 0.2) is 152 Å². The fourth-order valence-corrected chi connectivity index (χ4v) is 10.7. The summed E-state index contributed by atoms with van der Waals surface area (Å²) >= 11 is 0. The van der Waals surface area contributed by atoms with Gasteiger partial charge in [-0.25, -0.2) is 0 Å². The van der Waals surface area contributed by atoms with E-state index in [4.69, 9.17) is 0 Å². The van der Waals surface area contributed by atoms with Crippen LogP contribution in [0.2, 0.25) is 0 Å². The Morgan fingerprint density at radius 1 is 0.352 bits per heavy atom. The van der Waals surface area contributed by atoms with Gasteiger partial charge in [0.1, 0.15) is 0 Å². The van der Waals surface area contributed by atoms with Gasteiger partial charge in [-0.1, -0.05) is 115 Å². The molecule has 0 N–H and O–H groups in total. The molecule has 10 aromatic carbocycles. The van der Waals surface area contributed by atoms with Crippen LogP contribution in [0.25, 0.3) is 131 Å². The number of hydrogen-bond donors (Lipinski definition) is 0. The van der Waals surface area contributed by atoms with Crippen LogP contribution in [0.5, 0.6) is 0 Å². The van der Waals surface area contributed by atoms with Crippen LogP contribution in [-0.4, -0.2) is 8.97 Å². The third kappa shape index (κ3) is 2.95. The van der Waals surface area contributed by atoms with Crippen molar-refractivity contribution < 1.29 is 0 Å². The predicted molar refractivity (Wildman–Crippen MR) is 226 cm³/mol. The molecule has 54 heavy (non-hydrogen) atoms. The average Bonchev–Trinajstić information content (AvgIpc) is 3.95. The molecule has 0 radical (unpaired) electrons. The monoisotopic (exact) mass is 679 g/mol. The molecular formula is C51H25N3. The van der Waals surface area contributed by atoms with Crippen LogP contribution >= 0.6 is 0 Å². The first-order valence-electron chi connectivity index (χ1n) is 18.6. The highest BCUT2D eigenvalue weighted by Crippen LogP contribution is 2.53. The van der Waals surface area contributed by atoms with E-state index in [0.29, 0.717) is 5.56 Å². The summed E-state index contributed by atoms with van der Waals surface area (Å²) in [6.07, 6.45) is 0. The first kappa shape index (κ1) is 27.3. The van der Waals surface area contributed by atoms with E-state index in [1.54, 1.807) is 0 Å². The molecule has 1 aliphatic carbocycles. The molecule has 0 unspecified atom stereocenters. The van der Waals surface area contributed by atoms with Gasteiger partial charge in [-0.2, -0.15) is 5.26 Å². The van der Waals surface area contributed by atoms with E-state index >= 15 is 0 Å². The van der Waals surface area contributed by atoms with Crippen molar-refractivity contribution in [2.24, 2.45) is 0 Å². The summed E-state index contributed by atoms with van der Waals surface area (Å²) in [7, 11) is 0. The van der Waals surface area contributed by atoms with Crippen molar-refractivity contribution in [2.75, 3.05) is 0 Å². The summed E-state index contributed by atoms with van der Waals surface area (Å²) in [6.45, 7) is 0. The lowest BCUT2D eigenvalue weighted by Crippen LogP contribution is -2.02. The molecule has 3 heteroatoms. The minimum atomic E-state index is 0.649.